The maximum atomic E-state index is 12.3. The van der Waals surface area contributed by atoms with Crippen molar-refractivity contribution >= 4 is 17.6 Å². The lowest BCUT2D eigenvalue weighted by atomic mass is 10.1. The lowest BCUT2D eigenvalue weighted by Gasteiger charge is -2.16. The van der Waals surface area contributed by atoms with Crippen LogP contribution in [0.1, 0.15) is 51.7 Å². The van der Waals surface area contributed by atoms with Crippen LogP contribution in [0.3, 0.4) is 0 Å². The second-order valence-corrected chi connectivity index (χ2v) is 8.09. The molecule has 1 aromatic heterocycles. The molecule has 7 nitrogen and oxygen atoms in total. The van der Waals surface area contributed by atoms with Crippen molar-refractivity contribution in [2.75, 3.05) is 11.9 Å². The van der Waals surface area contributed by atoms with Crippen molar-refractivity contribution in [3.63, 3.8) is 0 Å². The van der Waals surface area contributed by atoms with Crippen LogP contribution in [0, 0.1) is 5.92 Å². The molecule has 1 heterocycles. The van der Waals surface area contributed by atoms with Gasteiger partial charge < -0.3 is 20.7 Å². The SMILES string of the molecule is CCCNC(=O)Nc1ccc(CC(=O)NCc2ccnc(OC(C)CC(C)C)c2)cc1. The largest absolute Gasteiger partial charge is 0.475 e. The summed E-state index contributed by atoms with van der Waals surface area (Å²) in [6, 6.07) is 10.8. The summed E-state index contributed by atoms with van der Waals surface area (Å²) in [6.45, 7) is 9.39. The topological polar surface area (TPSA) is 92.4 Å². The number of nitrogens with zero attached hydrogens (tertiary/aromatic N) is 1. The van der Waals surface area contributed by atoms with E-state index in [1.807, 2.05) is 38.1 Å². The van der Waals surface area contributed by atoms with Gasteiger partial charge in [-0.3, -0.25) is 4.79 Å². The Morgan fingerprint density at radius 2 is 1.77 bits per heavy atom. The van der Waals surface area contributed by atoms with Crippen LogP contribution in [0.2, 0.25) is 0 Å². The average Bonchev–Trinajstić information content (AvgIpc) is 2.72. The number of anilines is 1. The molecule has 168 valence electrons. The predicted molar refractivity (Wildman–Crippen MR) is 123 cm³/mol. The van der Waals surface area contributed by atoms with Crippen molar-refractivity contribution < 1.29 is 14.3 Å². The van der Waals surface area contributed by atoms with Gasteiger partial charge in [-0.05, 0) is 55.0 Å². The summed E-state index contributed by atoms with van der Waals surface area (Å²) < 4.78 is 5.87. The van der Waals surface area contributed by atoms with E-state index in [4.69, 9.17) is 4.74 Å². The van der Waals surface area contributed by atoms with E-state index < -0.39 is 0 Å². The van der Waals surface area contributed by atoms with Crippen LogP contribution < -0.4 is 20.7 Å². The first-order valence-corrected chi connectivity index (χ1v) is 10.9. The molecule has 0 saturated heterocycles. The van der Waals surface area contributed by atoms with Crippen LogP contribution in [-0.4, -0.2) is 29.6 Å². The second-order valence-electron chi connectivity index (χ2n) is 8.09. The van der Waals surface area contributed by atoms with Crippen molar-refractivity contribution in [1.82, 2.24) is 15.6 Å². The fraction of sp³-hybridized carbons (Fsp3) is 0.458. The van der Waals surface area contributed by atoms with Crippen molar-refractivity contribution in [3.05, 3.63) is 53.7 Å². The van der Waals surface area contributed by atoms with Crippen LogP contribution in [0.4, 0.5) is 10.5 Å². The summed E-state index contributed by atoms with van der Waals surface area (Å²) in [5, 5.41) is 8.45. The molecule has 0 bridgehead atoms. The van der Waals surface area contributed by atoms with E-state index in [1.54, 1.807) is 18.3 Å². The standard InChI is InChI=1S/C24H34N4O3/c1-5-11-26-24(30)28-21-8-6-19(7-9-21)14-22(29)27-16-20-10-12-25-23(15-20)31-18(4)13-17(2)3/h6-10,12,15,17-18H,5,11,13-14,16H2,1-4H3,(H,27,29)(H2,26,28,30). The van der Waals surface area contributed by atoms with Crippen LogP contribution in [-0.2, 0) is 17.8 Å². The lowest BCUT2D eigenvalue weighted by molar-refractivity contribution is -0.120. The third-order valence-electron chi connectivity index (χ3n) is 4.53. The third kappa shape index (κ3) is 9.51. The molecule has 7 heteroatoms. The van der Waals surface area contributed by atoms with Gasteiger partial charge in [0, 0.05) is 31.0 Å². The van der Waals surface area contributed by atoms with E-state index in [2.05, 4.69) is 34.8 Å². The van der Waals surface area contributed by atoms with Gasteiger partial charge in [0.1, 0.15) is 0 Å². The van der Waals surface area contributed by atoms with Gasteiger partial charge in [-0.15, -0.1) is 0 Å². The summed E-state index contributed by atoms with van der Waals surface area (Å²) in [4.78, 5) is 28.3. The van der Waals surface area contributed by atoms with Crippen molar-refractivity contribution in [2.45, 2.75) is 59.6 Å². The number of rotatable bonds is 11. The Balaban J connectivity index is 1.80. The molecule has 0 saturated carbocycles. The average molecular weight is 427 g/mol. The number of hydrogen-bond donors (Lipinski definition) is 3. The molecule has 0 spiro atoms. The number of amides is 3. The smallest absolute Gasteiger partial charge is 0.319 e. The fourth-order valence-corrected chi connectivity index (χ4v) is 3.11. The van der Waals surface area contributed by atoms with Gasteiger partial charge in [0.25, 0.3) is 0 Å². The normalized spacial score (nSPS) is 11.6. The molecule has 1 atom stereocenters. The van der Waals surface area contributed by atoms with E-state index >= 15 is 0 Å². The number of carbonyl (C=O) groups is 2. The molecule has 1 unspecified atom stereocenters. The van der Waals surface area contributed by atoms with Gasteiger partial charge in [-0.25, -0.2) is 9.78 Å². The molecule has 31 heavy (non-hydrogen) atoms. The van der Waals surface area contributed by atoms with Crippen LogP contribution >= 0.6 is 0 Å². The molecule has 3 amide bonds. The second kappa shape index (κ2) is 12.6. The molecule has 0 aliphatic carbocycles. The number of ether oxygens (including phenoxy) is 1. The number of aromatic nitrogens is 1. The van der Waals surface area contributed by atoms with Crippen LogP contribution in [0.25, 0.3) is 0 Å². The van der Waals surface area contributed by atoms with E-state index in [1.165, 1.54) is 0 Å². The van der Waals surface area contributed by atoms with Gasteiger partial charge in [0.15, 0.2) is 0 Å². The highest BCUT2D eigenvalue weighted by atomic mass is 16.5. The van der Waals surface area contributed by atoms with Crippen molar-refractivity contribution in [3.8, 4) is 5.88 Å². The molecular formula is C24H34N4O3. The van der Waals surface area contributed by atoms with Gasteiger partial charge in [-0.1, -0.05) is 32.9 Å². The molecule has 0 radical (unpaired) electrons. The highest BCUT2D eigenvalue weighted by Crippen LogP contribution is 2.15. The summed E-state index contributed by atoms with van der Waals surface area (Å²) in [6.07, 6.45) is 3.89. The van der Waals surface area contributed by atoms with Crippen molar-refractivity contribution in [2.24, 2.45) is 5.92 Å². The number of nitrogens with one attached hydrogen (secondary N) is 3. The zero-order valence-electron chi connectivity index (χ0n) is 18.9. The zero-order valence-corrected chi connectivity index (χ0v) is 18.9. The molecular weight excluding hydrogens is 392 g/mol. The minimum absolute atomic E-state index is 0.0751. The van der Waals surface area contributed by atoms with Crippen LogP contribution in [0.5, 0.6) is 5.88 Å². The van der Waals surface area contributed by atoms with E-state index in [9.17, 15) is 9.59 Å². The Bertz CT molecular complexity index is 837. The lowest BCUT2D eigenvalue weighted by Crippen LogP contribution is -2.29. The molecule has 3 N–H and O–H groups in total. The minimum atomic E-state index is -0.230. The quantitative estimate of drug-likeness (QED) is 0.500. The first-order valence-electron chi connectivity index (χ1n) is 10.9. The zero-order chi connectivity index (χ0) is 22.6. The maximum absolute atomic E-state index is 12.3. The first-order chi connectivity index (χ1) is 14.9. The van der Waals surface area contributed by atoms with Crippen LogP contribution in [0.15, 0.2) is 42.6 Å². The summed E-state index contributed by atoms with van der Waals surface area (Å²) in [7, 11) is 0. The molecule has 2 aromatic rings. The number of carbonyl (C=O) groups excluding carboxylic acids is 2. The summed E-state index contributed by atoms with van der Waals surface area (Å²) >= 11 is 0. The molecule has 0 fully saturated rings. The summed E-state index contributed by atoms with van der Waals surface area (Å²) in [5.74, 6) is 1.06. The van der Waals surface area contributed by atoms with Gasteiger partial charge in [0.2, 0.25) is 11.8 Å². The maximum Gasteiger partial charge on any atom is 0.319 e. The van der Waals surface area contributed by atoms with E-state index in [0.29, 0.717) is 30.6 Å². The van der Waals surface area contributed by atoms with Gasteiger partial charge in [0.05, 0.1) is 12.5 Å². The Kier molecular flexibility index (Phi) is 9.81. The first kappa shape index (κ1) is 24.2. The Hall–Kier alpha value is -3.09. The van der Waals surface area contributed by atoms with Crippen molar-refractivity contribution in [1.29, 1.82) is 0 Å². The highest BCUT2D eigenvalue weighted by Gasteiger charge is 2.09. The molecule has 2 rings (SSSR count). The molecule has 1 aromatic carbocycles. The van der Waals surface area contributed by atoms with E-state index in [-0.39, 0.29) is 24.5 Å². The Morgan fingerprint density at radius 3 is 2.45 bits per heavy atom. The van der Waals surface area contributed by atoms with Gasteiger partial charge in [-0.2, -0.15) is 0 Å². The molecule has 0 aliphatic rings. The number of urea groups is 1. The fourth-order valence-electron chi connectivity index (χ4n) is 3.11. The minimum Gasteiger partial charge on any atom is -0.475 e. The Labute approximate surface area is 185 Å². The number of hydrogen-bond acceptors (Lipinski definition) is 4. The van der Waals surface area contributed by atoms with Gasteiger partial charge >= 0.3 is 6.03 Å². The molecule has 0 aliphatic heterocycles. The summed E-state index contributed by atoms with van der Waals surface area (Å²) in [5.41, 5.74) is 2.50. The Morgan fingerprint density at radius 1 is 1.03 bits per heavy atom. The monoisotopic (exact) mass is 426 g/mol. The number of benzene rings is 1. The van der Waals surface area contributed by atoms with E-state index in [0.717, 1.165) is 24.0 Å². The highest BCUT2D eigenvalue weighted by molar-refractivity contribution is 5.89. The third-order valence-corrected chi connectivity index (χ3v) is 4.53. The number of pyridine rings is 1. The predicted octanol–water partition coefficient (Wildman–Crippen LogP) is 4.29.